The maximum absolute atomic E-state index is 6.06. The molecule has 3 fully saturated rings. The van der Waals surface area contributed by atoms with Gasteiger partial charge in [0.25, 0.3) is 0 Å². The van der Waals surface area contributed by atoms with Gasteiger partial charge in [0.15, 0.2) is 0 Å². The molecule has 98 valence electrons. The lowest BCUT2D eigenvalue weighted by Crippen LogP contribution is -2.40. The van der Waals surface area contributed by atoms with Crippen molar-refractivity contribution in [3.63, 3.8) is 0 Å². The van der Waals surface area contributed by atoms with Crippen molar-refractivity contribution in [2.45, 2.75) is 63.5 Å². The number of nitrogens with zero attached hydrogens (tertiary/aromatic N) is 1. The fraction of sp³-hybridized carbons (Fsp3) is 1.00. The molecule has 0 radical (unpaired) electrons. The van der Waals surface area contributed by atoms with Gasteiger partial charge < -0.3 is 4.74 Å². The smallest absolute Gasteiger partial charge is 0.127 e. The fourth-order valence-corrected chi connectivity index (χ4v) is 4.53. The number of likely N-dealkylation sites (tertiary alicyclic amines) is 1. The maximum atomic E-state index is 6.06. The summed E-state index contributed by atoms with van der Waals surface area (Å²) in [4.78, 5) is 2.67. The van der Waals surface area contributed by atoms with Crippen molar-refractivity contribution >= 4 is 0 Å². The predicted octanol–water partition coefficient (Wildman–Crippen LogP) is 3.42. The summed E-state index contributed by atoms with van der Waals surface area (Å²) in [6, 6.07) is 0. The molecule has 0 spiro atoms. The van der Waals surface area contributed by atoms with Gasteiger partial charge in [-0.2, -0.15) is 0 Å². The first-order chi connectivity index (χ1) is 8.39. The van der Waals surface area contributed by atoms with Crippen LogP contribution in [0.1, 0.15) is 57.8 Å². The van der Waals surface area contributed by atoms with Crippen LogP contribution in [0.3, 0.4) is 0 Å². The van der Waals surface area contributed by atoms with E-state index in [2.05, 4.69) is 4.90 Å². The lowest BCUT2D eigenvalue weighted by Gasteiger charge is -2.29. The van der Waals surface area contributed by atoms with Gasteiger partial charge in [-0.1, -0.05) is 32.1 Å². The first-order valence-corrected chi connectivity index (χ1v) is 7.70. The van der Waals surface area contributed by atoms with Crippen LogP contribution in [0.2, 0.25) is 0 Å². The molecule has 1 saturated heterocycles. The molecule has 2 heteroatoms. The molecule has 2 atom stereocenters. The molecule has 2 unspecified atom stereocenters. The third-order valence-corrected chi connectivity index (χ3v) is 5.40. The first-order valence-electron chi connectivity index (χ1n) is 7.70. The number of hydrogen-bond donors (Lipinski definition) is 0. The van der Waals surface area contributed by atoms with E-state index >= 15 is 0 Å². The summed E-state index contributed by atoms with van der Waals surface area (Å²) >= 11 is 0. The molecular weight excluding hydrogens is 210 g/mol. The largest absolute Gasteiger partial charge is 0.363 e. The molecule has 3 rings (SSSR count). The van der Waals surface area contributed by atoms with E-state index in [-0.39, 0.29) is 5.72 Å². The van der Waals surface area contributed by atoms with Gasteiger partial charge in [-0.15, -0.1) is 0 Å². The van der Waals surface area contributed by atoms with Crippen molar-refractivity contribution in [2.24, 2.45) is 11.8 Å². The highest BCUT2D eigenvalue weighted by molar-refractivity contribution is 5.13. The van der Waals surface area contributed by atoms with E-state index in [0.29, 0.717) is 0 Å². The quantitative estimate of drug-likeness (QED) is 0.729. The van der Waals surface area contributed by atoms with Crippen LogP contribution in [0.15, 0.2) is 0 Å². The van der Waals surface area contributed by atoms with Crippen LogP contribution >= 0.6 is 0 Å². The van der Waals surface area contributed by atoms with E-state index in [4.69, 9.17) is 4.74 Å². The molecule has 0 N–H and O–H groups in total. The molecule has 3 aliphatic rings. The van der Waals surface area contributed by atoms with Crippen molar-refractivity contribution in [1.82, 2.24) is 4.90 Å². The summed E-state index contributed by atoms with van der Waals surface area (Å²) < 4.78 is 6.06. The van der Waals surface area contributed by atoms with Gasteiger partial charge in [-0.05, 0) is 25.7 Å². The van der Waals surface area contributed by atoms with Crippen LogP contribution in [-0.2, 0) is 4.74 Å². The SMILES string of the molecule is COC1(N2CCCC2)C2CCCCCCCC21. The zero-order chi connectivity index (χ0) is 11.7. The normalized spacial score (nSPS) is 43.6. The second-order valence-electron chi connectivity index (χ2n) is 6.21. The van der Waals surface area contributed by atoms with Crippen molar-refractivity contribution in [1.29, 1.82) is 0 Å². The third kappa shape index (κ3) is 1.94. The Morgan fingerprint density at radius 3 is 1.88 bits per heavy atom. The molecule has 17 heavy (non-hydrogen) atoms. The minimum Gasteiger partial charge on any atom is -0.363 e. The van der Waals surface area contributed by atoms with Gasteiger partial charge >= 0.3 is 0 Å². The summed E-state index contributed by atoms with van der Waals surface area (Å²) in [5, 5.41) is 0. The van der Waals surface area contributed by atoms with E-state index in [1.807, 2.05) is 7.11 Å². The average Bonchev–Trinajstić information content (AvgIpc) is 2.79. The highest BCUT2D eigenvalue weighted by Gasteiger charge is 2.67. The van der Waals surface area contributed by atoms with E-state index in [9.17, 15) is 0 Å². The molecule has 0 aromatic rings. The molecule has 0 bridgehead atoms. The fourth-order valence-electron chi connectivity index (χ4n) is 4.53. The molecule has 1 aliphatic heterocycles. The van der Waals surface area contributed by atoms with Gasteiger partial charge in [0, 0.05) is 32.0 Å². The van der Waals surface area contributed by atoms with Crippen LogP contribution in [0.5, 0.6) is 0 Å². The van der Waals surface area contributed by atoms with E-state index in [1.54, 1.807) is 0 Å². The Labute approximate surface area is 106 Å². The first kappa shape index (κ1) is 12.0. The molecule has 0 aromatic heterocycles. The van der Waals surface area contributed by atoms with Crippen LogP contribution in [0.4, 0.5) is 0 Å². The standard InChI is InChI=1S/C15H27NO/c1-17-15(16-11-7-8-12-16)13-9-5-3-2-4-6-10-14(13)15/h13-14H,2-12H2,1H3. The van der Waals surface area contributed by atoms with Crippen LogP contribution in [-0.4, -0.2) is 30.8 Å². The number of fused-ring (bicyclic) bond motifs is 1. The molecule has 2 nitrogen and oxygen atoms in total. The lowest BCUT2D eigenvalue weighted by molar-refractivity contribution is -0.0690. The van der Waals surface area contributed by atoms with Crippen molar-refractivity contribution in [3.05, 3.63) is 0 Å². The van der Waals surface area contributed by atoms with Gasteiger partial charge in [-0.3, -0.25) is 4.90 Å². The maximum Gasteiger partial charge on any atom is 0.127 e. The van der Waals surface area contributed by atoms with Crippen molar-refractivity contribution in [3.8, 4) is 0 Å². The molecule has 2 saturated carbocycles. The topological polar surface area (TPSA) is 12.5 Å². The lowest BCUT2D eigenvalue weighted by atomic mass is 10.1. The third-order valence-electron chi connectivity index (χ3n) is 5.40. The molecular formula is C15H27NO. The molecule has 0 aromatic carbocycles. The zero-order valence-corrected chi connectivity index (χ0v) is 11.3. The Balaban J connectivity index is 1.72. The van der Waals surface area contributed by atoms with Crippen molar-refractivity contribution in [2.75, 3.05) is 20.2 Å². The molecule has 2 aliphatic carbocycles. The molecule has 1 heterocycles. The Morgan fingerprint density at radius 2 is 1.35 bits per heavy atom. The average molecular weight is 237 g/mol. The summed E-state index contributed by atoms with van der Waals surface area (Å²) in [7, 11) is 1.96. The van der Waals surface area contributed by atoms with E-state index in [1.165, 1.54) is 70.9 Å². The second kappa shape index (κ2) is 4.89. The highest BCUT2D eigenvalue weighted by Crippen LogP contribution is 2.61. The summed E-state index contributed by atoms with van der Waals surface area (Å²) in [6.45, 7) is 2.56. The Morgan fingerprint density at radius 1 is 0.824 bits per heavy atom. The minimum atomic E-state index is 0.174. The predicted molar refractivity (Wildman–Crippen MR) is 69.8 cm³/mol. The van der Waals surface area contributed by atoms with Crippen molar-refractivity contribution < 1.29 is 4.74 Å². The van der Waals surface area contributed by atoms with Gasteiger partial charge in [0.2, 0.25) is 0 Å². The Bertz CT molecular complexity index is 246. The minimum absolute atomic E-state index is 0.174. The number of ether oxygens (including phenoxy) is 1. The van der Waals surface area contributed by atoms with Gasteiger partial charge in [0.05, 0.1) is 0 Å². The number of hydrogen-bond acceptors (Lipinski definition) is 2. The van der Waals surface area contributed by atoms with Crippen LogP contribution in [0, 0.1) is 11.8 Å². The van der Waals surface area contributed by atoms with E-state index < -0.39 is 0 Å². The Kier molecular flexibility index (Phi) is 3.45. The summed E-state index contributed by atoms with van der Waals surface area (Å²) in [5.41, 5.74) is 0.174. The summed E-state index contributed by atoms with van der Waals surface area (Å²) in [5.74, 6) is 1.70. The monoisotopic (exact) mass is 237 g/mol. The zero-order valence-electron chi connectivity index (χ0n) is 11.3. The molecule has 0 amide bonds. The van der Waals surface area contributed by atoms with E-state index in [0.717, 1.165) is 11.8 Å². The number of methoxy groups -OCH3 is 1. The summed E-state index contributed by atoms with van der Waals surface area (Å²) in [6.07, 6.45) is 12.8. The van der Waals surface area contributed by atoms with Gasteiger partial charge in [0.1, 0.15) is 5.72 Å². The second-order valence-corrected chi connectivity index (χ2v) is 6.21. The van der Waals surface area contributed by atoms with Crippen LogP contribution < -0.4 is 0 Å². The highest BCUT2D eigenvalue weighted by atomic mass is 16.5. The van der Waals surface area contributed by atoms with Gasteiger partial charge in [-0.25, -0.2) is 0 Å². The Hall–Kier alpha value is -0.0800. The van der Waals surface area contributed by atoms with Crippen LogP contribution in [0.25, 0.3) is 0 Å². The number of rotatable bonds is 2.